The molecular weight excluding hydrogens is 246 g/mol. The minimum Gasteiger partial charge on any atom is -0.489 e. The number of rotatable bonds is 5. The quantitative estimate of drug-likeness (QED) is 0.888. The number of hydrogen-bond acceptors (Lipinski definition) is 2. The molecular formula is C18H23NO. The average Bonchev–Trinajstić information content (AvgIpc) is 2.42. The Hall–Kier alpha value is -1.80. The Bertz CT molecular complexity index is 590. The van der Waals surface area contributed by atoms with Gasteiger partial charge >= 0.3 is 0 Å². The van der Waals surface area contributed by atoms with Crippen molar-refractivity contribution in [2.45, 2.75) is 33.9 Å². The lowest BCUT2D eigenvalue weighted by molar-refractivity contribution is 0.303. The summed E-state index contributed by atoms with van der Waals surface area (Å²) in [5.41, 5.74) is 6.24. The molecule has 0 bridgehead atoms. The van der Waals surface area contributed by atoms with Crippen molar-refractivity contribution in [1.29, 1.82) is 0 Å². The fourth-order valence-corrected chi connectivity index (χ4v) is 2.35. The van der Waals surface area contributed by atoms with Crippen molar-refractivity contribution in [2.75, 3.05) is 7.05 Å². The number of hydrogen-bond donors (Lipinski definition) is 1. The Morgan fingerprint density at radius 2 is 1.75 bits per heavy atom. The van der Waals surface area contributed by atoms with E-state index >= 15 is 0 Å². The Morgan fingerprint density at radius 3 is 2.50 bits per heavy atom. The molecule has 106 valence electrons. The van der Waals surface area contributed by atoms with Crippen molar-refractivity contribution < 1.29 is 4.74 Å². The highest BCUT2D eigenvalue weighted by atomic mass is 16.5. The van der Waals surface area contributed by atoms with Crippen LogP contribution in [0, 0.1) is 20.8 Å². The van der Waals surface area contributed by atoms with Crippen molar-refractivity contribution in [3.63, 3.8) is 0 Å². The fraction of sp³-hybridized carbons (Fsp3) is 0.333. The van der Waals surface area contributed by atoms with E-state index in [0.29, 0.717) is 6.61 Å². The van der Waals surface area contributed by atoms with Gasteiger partial charge in [-0.3, -0.25) is 0 Å². The van der Waals surface area contributed by atoms with E-state index in [1.165, 1.54) is 27.8 Å². The van der Waals surface area contributed by atoms with Crippen LogP contribution >= 0.6 is 0 Å². The van der Waals surface area contributed by atoms with Gasteiger partial charge in [0.2, 0.25) is 0 Å². The zero-order valence-corrected chi connectivity index (χ0v) is 12.8. The number of nitrogens with one attached hydrogen (secondary N) is 1. The third kappa shape index (κ3) is 3.61. The SMILES string of the molecule is CNCc1cccc(COc2cc(C)cc(C)c2C)c1. The summed E-state index contributed by atoms with van der Waals surface area (Å²) >= 11 is 0. The maximum Gasteiger partial charge on any atom is 0.123 e. The molecule has 0 fully saturated rings. The molecule has 20 heavy (non-hydrogen) atoms. The van der Waals surface area contributed by atoms with Crippen LogP contribution in [-0.2, 0) is 13.2 Å². The molecule has 2 aromatic rings. The van der Waals surface area contributed by atoms with Gasteiger partial charge in [0, 0.05) is 6.54 Å². The zero-order valence-electron chi connectivity index (χ0n) is 12.8. The minimum atomic E-state index is 0.612. The molecule has 2 nitrogen and oxygen atoms in total. The van der Waals surface area contributed by atoms with Crippen LogP contribution in [0.3, 0.4) is 0 Å². The van der Waals surface area contributed by atoms with E-state index in [1.54, 1.807) is 0 Å². The van der Waals surface area contributed by atoms with Gasteiger partial charge in [0.05, 0.1) is 0 Å². The van der Waals surface area contributed by atoms with Crippen molar-refractivity contribution in [1.82, 2.24) is 5.32 Å². The molecule has 0 spiro atoms. The summed E-state index contributed by atoms with van der Waals surface area (Å²) < 4.78 is 6.00. The molecule has 0 aliphatic heterocycles. The van der Waals surface area contributed by atoms with Gasteiger partial charge in [0.15, 0.2) is 0 Å². The predicted octanol–water partition coefficient (Wildman–Crippen LogP) is 3.91. The van der Waals surface area contributed by atoms with Gasteiger partial charge in [-0.05, 0) is 61.7 Å². The van der Waals surface area contributed by atoms with E-state index in [0.717, 1.165) is 12.3 Å². The molecule has 0 radical (unpaired) electrons. The van der Waals surface area contributed by atoms with E-state index in [2.05, 4.69) is 62.5 Å². The van der Waals surface area contributed by atoms with E-state index in [9.17, 15) is 0 Å². The lowest BCUT2D eigenvalue weighted by Gasteiger charge is -2.13. The molecule has 2 aromatic carbocycles. The molecule has 0 aliphatic rings. The topological polar surface area (TPSA) is 21.3 Å². The van der Waals surface area contributed by atoms with Crippen LogP contribution < -0.4 is 10.1 Å². The molecule has 0 aromatic heterocycles. The monoisotopic (exact) mass is 269 g/mol. The molecule has 1 N–H and O–H groups in total. The first-order chi connectivity index (χ1) is 9.60. The van der Waals surface area contributed by atoms with Crippen LogP contribution in [0.2, 0.25) is 0 Å². The third-order valence-corrected chi connectivity index (χ3v) is 3.53. The molecule has 0 aliphatic carbocycles. The Balaban J connectivity index is 2.10. The Kier molecular flexibility index (Phi) is 4.80. The predicted molar refractivity (Wildman–Crippen MR) is 84.2 cm³/mol. The van der Waals surface area contributed by atoms with Crippen LogP contribution in [0.25, 0.3) is 0 Å². The lowest BCUT2D eigenvalue weighted by Crippen LogP contribution is -2.06. The first-order valence-corrected chi connectivity index (χ1v) is 7.03. The average molecular weight is 269 g/mol. The largest absolute Gasteiger partial charge is 0.489 e. The van der Waals surface area contributed by atoms with Gasteiger partial charge in [-0.15, -0.1) is 0 Å². The molecule has 0 saturated heterocycles. The molecule has 0 unspecified atom stereocenters. The van der Waals surface area contributed by atoms with Gasteiger partial charge in [-0.1, -0.05) is 30.3 Å². The summed E-state index contributed by atoms with van der Waals surface area (Å²) in [7, 11) is 1.96. The molecule has 0 amide bonds. The highest BCUT2D eigenvalue weighted by Crippen LogP contribution is 2.24. The minimum absolute atomic E-state index is 0.612. The summed E-state index contributed by atoms with van der Waals surface area (Å²) in [5.74, 6) is 0.988. The van der Waals surface area contributed by atoms with Crippen LogP contribution in [0.15, 0.2) is 36.4 Å². The second-order valence-corrected chi connectivity index (χ2v) is 5.34. The maximum absolute atomic E-state index is 6.00. The standard InChI is InChI=1S/C18H23NO/c1-13-8-14(2)15(3)18(9-13)20-12-17-7-5-6-16(10-17)11-19-4/h5-10,19H,11-12H2,1-4H3. The second kappa shape index (κ2) is 6.58. The highest BCUT2D eigenvalue weighted by Gasteiger charge is 2.04. The molecule has 2 heteroatoms. The Labute approximate surface area is 121 Å². The smallest absolute Gasteiger partial charge is 0.123 e. The molecule has 2 rings (SSSR count). The molecule has 0 saturated carbocycles. The summed E-state index contributed by atoms with van der Waals surface area (Å²) in [6.45, 7) is 7.84. The zero-order chi connectivity index (χ0) is 14.5. The van der Waals surface area contributed by atoms with Crippen LogP contribution in [0.5, 0.6) is 5.75 Å². The van der Waals surface area contributed by atoms with Gasteiger partial charge in [-0.2, -0.15) is 0 Å². The van der Waals surface area contributed by atoms with Crippen LogP contribution in [-0.4, -0.2) is 7.05 Å². The number of benzene rings is 2. The van der Waals surface area contributed by atoms with Crippen LogP contribution in [0.4, 0.5) is 0 Å². The number of aryl methyl sites for hydroxylation is 2. The van der Waals surface area contributed by atoms with E-state index in [1.807, 2.05) is 7.05 Å². The van der Waals surface area contributed by atoms with Crippen LogP contribution in [0.1, 0.15) is 27.8 Å². The molecule has 0 heterocycles. The lowest BCUT2D eigenvalue weighted by atomic mass is 10.1. The van der Waals surface area contributed by atoms with E-state index < -0.39 is 0 Å². The van der Waals surface area contributed by atoms with Crippen molar-refractivity contribution in [2.24, 2.45) is 0 Å². The van der Waals surface area contributed by atoms with E-state index in [-0.39, 0.29) is 0 Å². The second-order valence-electron chi connectivity index (χ2n) is 5.34. The summed E-state index contributed by atoms with van der Waals surface area (Å²) in [4.78, 5) is 0. The Morgan fingerprint density at radius 1 is 1.00 bits per heavy atom. The van der Waals surface area contributed by atoms with Crippen molar-refractivity contribution in [3.05, 3.63) is 64.2 Å². The fourth-order valence-electron chi connectivity index (χ4n) is 2.35. The number of ether oxygens (including phenoxy) is 1. The highest BCUT2D eigenvalue weighted by molar-refractivity contribution is 5.42. The summed E-state index contributed by atoms with van der Waals surface area (Å²) in [6, 6.07) is 12.8. The van der Waals surface area contributed by atoms with Gasteiger partial charge in [-0.25, -0.2) is 0 Å². The third-order valence-electron chi connectivity index (χ3n) is 3.53. The normalized spacial score (nSPS) is 10.6. The summed E-state index contributed by atoms with van der Waals surface area (Å²) in [5, 5.41) is 3.17. The first kappa shape index (κ1) is 14.6. The first-order valence-electron chi connectivity index (χ1n) is 7.03. The summed E-state index contributed by atoms with van der Waals surface area (Å²) in [6.07, 6.45) is 0. The van der Waals surface area contributed by atoms with E-state index in [4.69, 9.17) is 4.74 Å². The van der Waals surface area contributed by atoms with Gasteiger partial charge in [0.25, 0.3) is 0 Å². The van der Waals surface area contributed by atoms with Crippen molar-refractivity contribution >= 4 is 0 Å². The molecule has 0 atom stereocenters. The van der Waals surface area contributed by atoms with Gasteiger partial charge in [0.1, 0.15) is 12.4 Å². The van der Waals surface area contributed by atoms with Crippen molar-refractivity contribution in [3.8, 4) is 5.75 Å². The van der Waals surface area contributed by atoms with Gasteiger partial charge < -0.3 is 10.1 Å². The maximum atomic E-state index is 6.00.